The van der Waals surface area contributed by atoms with Gasteiger partial charge in [0.1, 0.15) is 0 Å². The highest BCUT2D eigenvalue weighted by Gasteiger charge is 2.13. The highest BCUT2D eigenvalue weighted by Crippen LogP contribution is 2.37. The minimum Gasteiger partial charge on any atom is -0.140 e. The molecule has 1 heterocycles. The van der Waals surface area contributed by atoms with Crippen LogP contribution in [0, 0.1) is 0 Å². The van der Waals surface area contributed by atoms with Crippen LogP contribution in [0.3, 0.4) is 0 Å². The average Bonchev–Trinajstić information content (AvgIpc) is 2.85. The lowest BCUT2D eigenvalue weighted by Gasteiger charge is -2.05. The zero-order valence-corrected chi connectivity index (χ0v) is 13.3. The van der Waals surface area contributed by atoms with Crippen molar-refractivity contribution in [3.8, 4) is 11.1 Å². The van der Waals surface area contributed by atoms with E-state index in [1.165, 1.54) is 44.5 Å². The van der Waals surface area contributed by atoms with Crippen molar-refractivity contribution in [2.75, 3.05) is 0 Å². The van der Waals surface area contributed by atoms with Crippen LogP contribution in [0.5, 0.6) is 0 Å². The Hall–Kier alpha value is -1.38. The first-order chi connectivity index (χ1) is 9.81. The first-order valence-electron chi connectivity index (χ1n) is 6.79. The minimum atomic E-state index is 1.13. The molecule has 0 unspecified atom stereocenters. The number of hydrogen-bond donors (Lipinski definition) is 0. The maximum absolute atomic E-state index is 3.55. The Balaban J connectivity index is 1.93. The number of halogens is 1. The number of hydrogen-bond acceptors (Lipinski definition) is 1. The van der Waals surface area contributed by atoms with Gasteiger partial charge in [-0.2, -0.15) is 0 Å². The van der Waals surface area contributed by atoms with Crippen molar-refractivity contribution in [3.05, 3.63) is 63.5 Å². The molecule has 0 N–H and O–H groups in total. The Morgan fingerprint density at radius 3 is 2.80 bits per heavy atom. The lowest BCUT2D eigenvalue weighted by atomic mass is 9.99. The molecule has 1 aliphatic carbocycles. The number of rotatable bonds is 1. The Morgan fingerprint density at radius 2 is 1.90 bits per heavy atom. The lowest BCUT2D eigenvalue weighted by molar-refractivity contribution is 1.02. The zero-order chi connectivity index (χ0) is 13.5. The van der Waals surface area contributed by atoms with Gasteiger partial charge >= 0.3 is 0 Å². The lowest BCUT2D eigenvalue weighted by Crippen LogP contribution is -1.87. The van der Waals surface area contributed by atoms with E-state index in [9.17, 15) is 0 Å². The zero-order valence-electron chi connectivity index (χ0n) is 10.9. The van der Waals surface area contributed by atoms with Gasteiger partial charge < -0.3 is 0 Å². The smallest absolute Gasteiger partial charge is 0.0352 e. The molecule has 0 fully saturated rings. The summed E-state index contributed by atoms with van der Waals surface area (Å²) >= 11 is 5.50. The second-order valence-electron chi connectivity index (χ2n) is 5.10. The van der Waals surface area contributed by atoms with E-state index in [4.69, 9.17) is 0 Å². The quantitative estimate of drug-likeness (QED) is 0.488. The van der Waals surface area contributed by atoms with Gasteiger partial charge in [0.15, 0.2) is 0 Å². The van der Waals surface area contributed by atoms with E-state index in [2.05, 4.69) is 70.5 Å². The molecular formula is C18H13BrS. The summed E-state index contributed by atoms with van der Waals surface area (Å²) in [6.45, 7) is 0. The molecule has 0 nitrogen and oxygen atoms in total. The Morgan fingerprint density at radius 1 is 1.00 bits per heavy atom. The van der Waals surface area contributed by atoms with E-state index in [1.807, 2.05) is 11.3 Å². The van der Waals surface area contributed by atoms with Gasteiger partial charge in [0, 0.05) is 19.4 Å². The topological polar surface area (TPSA) is 0 Å². The third-order valence-electron chi connectivity index (χ3n) is 3.78. The maximum atomic E-state index is 3.55. The summed E-state index contributed by atoms with van der Waals surface area (Å²) in [5.41, 5.74) is 3.99. The molecule has 3 aromatic rings. The van der Waals surface area contributed by atoms with Gasteiger partial charge in [-0.15, -0.1) is 11.3 Å². The van der Waals surface area contributed by atoms with Crippen LogP contribution in [0.2, 0.25) is 0 Å². The Bertz CT molecular complexity index is 827. The highest BCUT2D eigenvalue weighted by molar-refractivity contribution is 9.10. The molecule has 0 spiro atoms. The molecule has 0 amide bonds. The number of allylic oxidation sites excluding steroid dienone is 1. The second-order valence-corrected chi connectivity index (χ2v) is 7.15. The highest BCUT2D eigenvalue weighted by atomic mass is 79.9. The van der Waals surface area contributed by atoms with Crippen LogP contribution in [-0.2, 0) is 6.42 Å². The van der Waals surface area contributed by atoms with Gasteiger partial charge in [0.2, 0.25) is 0 Å². The van der Waals surface area contributed by atoms with E-state index in [0.29, 0.717) is 0 Å². The molecule has 20 heavy (non-hydrogen) atoms. The standard InChI is InChI=1S/C18H13BrS/c19-14-5-3-4-12(10-14)13-8-9-18-16(11-13)15-6-1-2-7-17(15)20-18/h1,3-6,8-11H,2,7H2. The summed E-state index contributed by atoms with van der Waals surface area (Å²) in [6, 6.07) is 15.3. The minimum absolute atomic E-state index is 1.13. The van der Waals surface area contributed by atoms with Crippen LogP contribution in [0.4, 0.5) is 0 Å². The molecule has 0 bridgehead atoms. The summed E-state index contributed by atoms with van der Waals surface area (Å²) < 4.78 is 2.53. The van der Waals surface area contributed by atoms with E-state index < -0.39 is 0 Å². The summed E-state index contributed by atoms with van der Waals surface area (Å²) in [5.74, 6) is 0. The Kier molecular flexibility index (Phi) is 3.01. The van der Waals surface area contributed by atoms with E-state index in [-0.39, 0.29) is 0 Å². The molecule has 0 radical (unpaired) electrons. The van der Waals surface area contributed by atoms with E-state index in [1.54, 1.807) is 0 Å². The van der Waals surface area contributed by atoms with E-state index >= 15 is 0 Å². The summed E-state index contributed by atoms with van der Waals surface area (Å²) in [6.07, 6.45) is 6.96. The molecule has 0 saturated carbocycles. The van der Waals surface area contributed by atoms with Crippen molar-refractivity contribution < 1.29 is 0 Å². The monoisotopic (exact) mass is 340 g/mol. The SMILES string of the molecule is Brc1cccc(-c2ccc3sc4c(c3c2)C=CCC4)c1. The van der Waals surface area contributed by atoms with Gasteiger partial charge in [0.05, 0.1) is 0 Å². The van der Waals surface area contributed by atoms with Crippen molar-refractivity contribution in [2.24, 2.45) is 0 Å². The fourth-order valence-corrected chi connectivity index (χ4v) is 4.39. The molecule has 0 aliphatic heterocycles. The van der Waals surface area contributed by atoms with Gasteiger partial charge in [-0.1, -0.05) is 46.3 Å². The molecule has 0 atom stereocenters. The molecule has 1 aliphatic rings. The molecule has 2 aromatic carbocycles. The van der Waals surface area contributed by atoms with Crippen LogP contribution in [-0.4, -0.2) is 0 Å². The van der Waals surface area contributed by atoms with Crippen molar-refractivity contribution in [3.63, 3.8) is 0 Å². The first kappa shape index (κ1) is 12.4. The van der Waals surface area contributed by atoms with Gasteiger partial charge in [-0.25, -0.2) is 0 Å². The van der Waals surface area contributed by atoms with Gasteiger partial charge in [-0.05, 0) is 53.8 Å². The Labute approximate surface area is 130 Å². The van der Waals surface area contributed by atoms with Gasteiger partial charge in [0.25, 0.3) is 0 Å². The number of benzene rings is 2. The van der Waals surface area contributed by atoms with Crippen LogP contribution >= 0.6 is 27.3 Å². The third kappa shape index (κ3) is 2.04. The summed E-state index contributed by atoms with van der Waals surface area (Å²) in [7, 11) is 0. The van der Waals surface area contributed by atoms with Crippen molar-refractivity contribution >= 4 is 43.4 Å². The van der Waals surface area contributed by atoms with Crippen molar-refractivity contribution in [1.29, 1.82) is 0 Å². The van der Waals surface area contributed by atoms with Crippen molar-refractivity contribution in [2.45, 2.75) is 12.8 Å². The predicted octanol–water partition coefficient (Wildman–Crippen LogP) is 6.29. The van der Waals surface area contributed by atoms with Crippen LogP contribution in [0.25, 0.3) is 27.3 Å². The molecule has 4 rings (SSSR count). The fourth-order valence-electron chi connectivity index (χ4n) is 2.80. The number of fused-ring (bicyclic) bond motifs is 3. The molecule has 1 aromatic heterocycles. The van der Waals surface area contributed by atoms with Gasteiger partial charge in [-0.3, -0.25) is 0 Å². The maximum Gasteiger partial charge on any atom is 0.0352 e. The number of aryl methyl sites for hydroxylation is 1. The fraction of sp³-hybridized carbons (Fsp3) is 0.111. The second kappa shape index (κ2) is 4.87. The first-order valence-corrected chi connectivity index (χ1v) is 8.40. The van der Waals surface area contributed by atoms with E-state index in [0.717, 1.165) is 4.47 Å². The summed E-state index contributed by atoms with van der Waals surface area (Å²) in [5, 5.41) is 1.40. The third-order valence-corrected chi connectivity index (χ3v) is 5.52. The molecule has 98 valence electrons. The predicted molar refractivity (Wildman–Crippen MR) is 92.3 cm³/mol. The van der Waals surface area contributed by atoms with Crippen LogP contribution < -0.4 is 0 Å². The largest absolute Gasteiger partial charge is 0.140 e. The summed E-state index contributed by atoms with van der Waals surface area (Å²) in [4.78, 5) is 1.54. The average molecular weight is 341 g/mol. The molecule has 0 saturated heterocycles. The van der Waals surface area contributed by atoms with Crippen LogP contribution in [0.1, 0.15) is 16.9 Å². The number of thiophene rings is 1. The van der Waals surface area contributed by atoms with Crippen molar-refractivity contribution in [1.82, 2.24) is 0 Å². The molecule has 2 heteroatoms. The van der Waals surface area contributed by atoms with Crippen LogP contribution in [0.15, 0.2) is 53.0 Å². The molecular weight excluding hydrogens is 328 g/mol. The normalized spacial score (nSPS) is 13.7.